The van der Waals surface area contributed by atoms with Gasteiger partial charge in [0.2, 0.25) is 10.7 Å². The van der Waals surface area contributed by atoms with Crippen molar-refractivity contribution >= 4 is 18.1 Å². The van der Waals surface area contributed by atoms with E-state index in [1.165, 1.54) is 5.56 Å². The number of aryl methyl sites for hydroxylation is 2. The molecule has 0 saturated heterocycles. The van der Waals surface area contributed by atoms with Gasteiger partial charge in [-0.2, -0.15) is 5.10 Å². The van der Waals surface area contributed by atoms with Crippen molar-refractivity contribution in [1.82, 2.24) is 24.4 Å². The second-order valence-electron chi connectivity index (χ2n) is 5.85. The van der Waals surface area contributed by atoms with Crippen molar-refractivity contribution in [2.24, 2.45) is 0 Å². The average molecular weight is 355 g/mol. The van der Waals surface area contributed by atoms with E-state index >= 15 is 0 Å². The van der Waals surface area contributed by atoms with Crippen molar-refractivity contribution in [1.29, 1.82) is 0 Å². The molecule has 130 valence electrons. The number of benzene rings is 1. The van der Waals surface area contributed by atoms with Gasteiger partial charge in [0.1, 0.15) is 6.54 Å². The molecule has 0 bridgehead atoms. The highest BCUT2D eigenvalue weighted by atomic mass is 32.1. The summed E-state index contributed by atoms with van der Waals surface area (Å²) in [4.78, 5) is 12.3. The van der Waals surface area contributed by atoms with Crippen LogP contribution in [0.25, 0.3) is 0 Å². The number of aromatic nitrogens is 4. The van der Waals surface area contributed by atoms with Crippen LogP contribution in [-0.2, 0) is 24.3 Å². The van der Waals surface area contributed by atoms with Crippen LogP contribution in [0.3, 0.4) is 0 Å². The molecule has 7 heteroatoms. The van der Waals surface area contributed by atoms with Crippen molar-refractivity contribution in [3.8, 4) is 0 Å². The van der Waals surface area contributed by atoms with E-state index in [2.05, 4.69) is 10.4 Å². The van der Waals surface area contributed by atoms with Crippen molar-refractivity contribution in [2.45, 2.75) is 33.4 Å². The van der Waals surface area contributed by atoms with E-state index in [0.717, 1.165) is 17.8 Å². The fourth-order valence-corrected chi connectivity index (χ4v) is 2.86. The van der Waals surface area contributed by atoms with Crippen LogP contribution >= 0.6 is 12.2 Å². The maximum Gasteiger partial charge on any atom is 0.242 e. The largest absolute Gasteiger partial charge is 0.350 e. The fourth-order valence-electron chi connectivity index (χ4n) is 2.56. The molecule has 2 heterocycles. The minimum Gasteiger partial charge on any atom is -0.350 e. The Bertz CT molecular complexity index is 906. The van der Waals surface area contributed by atoms with Crippen molar-refractivity contribution in [3.05, 3.63) is 70.5 Å². The Morgan fingerprint density at radius 2 is 1.88 bits per heavy atom. The summed E-state index contributed by atoms with van der Waals surface area (Å²) in [6.07, 6.45) is 4.52. The zero-order valence-electron chi connectivity index (χ0n) is 14.3. The molecule has 3 rings (SSSR count). The van der Waals surface area contributed by atoms with Gasteiger partial charge in [-0.15, -0.1) is 0 Å². The highest BCUT2D eigenvalue weighted by molar-refractivity contribution is 7.71. The molecule has 1 amide bonds. The zero-order valence-corrected chi connectivity index (χ0v) is 15.2. The third kappa shape index (κ3) is 3.88. The molecule has 0 fully saturated rings. The summed E-state index contributed by atoms with van der Waals surface area (Å²) in [7, 11) is 0. The summed E-state index contributed by atoms with van der Waals surface area (Å²) in [5.74, 6) is 0.698. The second kappa shape index (κ2) is 7.48. The van der Waals surface area contributed by atoms with Crippen LogP contribution in [-0.4, -0.2) is 25.0 Å². The number of nitrogens with one attached hydrogen (secondary N) is 1. The van der Waals surface area contributed by atoms with E-state index in [9.17, 15) is 4.79 Å². The Kier molecular flexibility index (Phi) is 5.14. The van der Waals surface area contributed by atoms with E-state index in [-0.39, 0.29) is 12.5 Å². The van der Waals surface area contributed by atoms with Crippen LogP contribution in [0.15, 0.2) is 48.8 Å². The van der Waals surface area contributed by atoms with Crippen LogP contribution in [0.2, 0.25) is 0 Å². The predicted octanol–water partition coefficient (Wildman–Crippen LogP) is 2.71. The van der Waals surface area contributed by atoms with Crippen LogP contribution in [0.5, 0.6) is 0 Å². The van der Waals surface area contributed by atoms with Crippen LogP contribution in [0, 0.1) is 11.7 Å². The van der Waals surface area contributed by atoms with Gasteiger partial charge in [-0.25, -0.2) is 9.36 Å². The SMILES string of the molecule is CCc1nn(CC(=O)NCc2ccc(C)cc2)c(=S)n1-n1cccc1. The molecule has 0 spiro atoms. The third-order valence-electron chi connectivity index (χ3n) is 3.92. The topological polar surface area (TPSA) is 56.8 Å². The number of amides is 1. The molecule has 3 aromatic rings. The molecule has 0 radical (unpaired) electrons. The monoisotopic (exact) mass is 355 g/mol. The van der Waals surface area contributed by atoms with Gasteiger partial charge in [0, 0.05) is 25.4 Å². The molecule has 25 heavy (non-hydrogen) atoms. The molecule has 0 aliphatic heterocycles. The maximum atomic E-state index is 12.3. The molecule has 2 aromatic heterocycles. The van der Waals surface area contributed by atoms with Crippen molar-refractivity contribution in [3.63, 3.8) is 0 Å². The van der Waals surface area contributed by atoms with Gasteiger partial charge in [0.05, 0.1) is 0 Å². The summed E-state index contributed by atoms with van der Waals surface area (Å²) in [5.41, 5.74) is 2.26. The zero-order chi connectivity index (χ0) is 17.8. The minimum atomic E-state index is -0.114. The van der Waals surface area contributed by atoms with Crippen molar-refractivity contribution in [2.75, 3.05) is 0 Å². The van der Waals surface area contributed by atoms with Crippen LogP contribution in [0.4, 0.5) is 0 Å². The minimum absolute atomic E-state index is 0.103. The number of carbonyl (C=O) groups excluding carboxylic acids is 1. The molecular formula is C18H21N5OS. The fraction of sp³-hybridized carbons (Fsp3) is 0.278. The first-order valence-electron chi connectivity index (χ1n) is 8.23. The van der Waals surface area contributed by atoms with Gasteiger partial charge in [-0.3, -0.25) is 9.47 Å². The Morgan fingerprint density at radius 1 is 1.20 bits per heavy atom. The number of nitrogens with zero attached hydrogens (tertiary/aromatic N) is 4. The van der Waals surface area contributed by atoms with E-state index in [0.29, 0.717) is 11.3 Å². The van der Waals surface area contributed by atoms with E-state index in [4.69, 9.17) is 12.2 Å². The molecular weight excluding hydrogens is 334 g/mol. The molecule has 0 saturated carbocycles. The van der Waals surface area contributed by atoms with E-state index in [1.807, 2.05) is 72.0 Å². The van der Waals surface area contributed by atoms with E-state index in [1.54, 1.807) is 4.68 Å². The Balaban J connectivity index is 1.71. The van der Waals surface area contributed by atoms with Gasteiger partial charge in [0.25, 0.3) is 0 Å². The number of carbonyl (C=O) groups is 1. The van der Waals surface area contributed by atoms with Gasteiger partial charge < -0.3 is 5.32 Å². The smallest absolute Gasteiger partial charge is 0.242 e. The highest BCUT2D eigenvalue weighted by Gasteiger charge is 2.13. The maximum absolute atomic E-state index is 12.3. The lowest BCUT2D eigenvalue weighted by Crippen LogP contribution is -2.27. The van der Waals surface area contributed by atoms with Crippen LogP contribution < -0.4 is 5.32 Å². The van der Waals surface area contributed by atoms with Crippen LogP contribution in [0.1, 0.15) is 23.9 Å². The summed E-state index contributed by atoms with van der Waals surface area (Å²) in [5, 5.41) is 7.40. The lowest BCUT2D eigenvalue weighted by atomic mass is 10.1. The number of rotatable bonds is 6. The summed E-state index contributed by atoms with van der Waals surface area (Å²) in [6.45, 7) is 4.65. The predicted molar refractivity (Wildman–Crippen MR) is 98.7 cm³/mol. The summed E-state index contributed by atoms with van der Waals surface area (Å²) >= 11 is 5.50. The molecule has 0 unspecified atom stereocenters. The lowest BCUT2D eigenvalue weighted by Gasteiger charge is -2.06. The summed E-state index contributed by atoms with van der Waals surface area (Å²) in [6, 6.07) is 11.9. The standard InChI is InChI=1S/C18H21N5OS/c1-3-16-20-22(18(25)23(16)21-10-4-5-11-21)13-17(24)19-12-15-8-6-14(2)7-9-15/h4-11H,3,12-13H2,1-2H3,(H,19,24). The third-order valence-corrected chi connectivity index (χ3v) is 4.31. The highest BCUT2D eigenvalue weighted by Crippen LogP contribution is 2.06. The lowest BCUT2D eigenvalue weighted by molar-refractivity contribution is -0.122. The second-order valence-corrected chi connectivity index (χ2v) is 6.21. The quantitative estimate of drug-likeness (QED) is 0.692. The van der Waals surface area contributed by atoms with Gasteiger partial charge in [-0.1, -0.05) is 36.8 Å². The first-order valence-corrected chi connectivity index (χ1v) is 8.64. The average Bonchev–Trinajstić information content (AvgIpc) is 3.23. The summed E-state index contributed by atoms with van der Waals surface area (Å²) < 4.78 is 5.77. The number of hydrogen-bond donors (Lipinski definition) is 1. The molecule has 6 nitrogen and oxygen atoms in total. The molecule has 0 atom stereocenters. The van der Waals surface area contributed by atoms with Gasteiger partial charge in [-0.05, 0) is 36.8 Å². The van der Waals surface area contributed by atoms with Gasteiger partial charge in [0.15, 0.2) is 5.82 Å². The first-order chi connectivity index (χ1) is 12.1. The van der Waals surface area contributed by atoms with E-state index < -0.39 is 0 Å². The van der Waals surface area contributed by atoms with Gasteiger partial charge >= 0.3 is 0 Å². The number of hydrogen-bond acceptors (Lipinski definition) is 3. The molecule has 1 aromatic carbocycles. The normalized spacial score (nSPS) is 10.8. The Hall–Kier alpha value is -2.67. The molecule has 0 aliphatic carbocycles. The Labute approximate surface area is 151 Å². The van der Waals surface area contributed by atoms with Crippen molar-refractivity contribution < 1.29 is 4.79 Å². The molecule has 1 N–H and O–H groups in total. The Morgan fingerprint density at radius 3 is 2.52 bits per heavy atom. The molecule has 0 aliphatic rings. The first kappa shape index (κ1) is 17.2.